The highest BCUT2D eigenvalue weighted by molar-refractivity contribution is 6.04. The summed E-state index contributed by atoms with van der Waals surface area (Å²) in [5, 5.41) is 2.80. The fourth-order valence-electron chi connectivity index (χ4n) is 1.92. The molecule has 6 heteroatoms. The third kappa shape index (κ3) is 3.12. The summed E-state index contributed by atoms with van der Waals surface area (Å²) in [7, 11) is 0. The number of furan rings is 1. The Balaban J connectivity index is 1.74. The van der Waals surface area contributed by atoms with Gasteiger partial charge in [0.25, 0.3) is 5.91 Å². The Morgan fingerprint density at radius 3 is 2.91 bits per heavy atom. The second-order valence-electron chi connectivity index (χ2n) is 4.52. The maximum atomic E-state index is 12.1. The van der Waals surface area contributed by atoms with Gasteiger partial charge in [-0.2, -0.15) is 0 Å². The number of hydrogen-bond donors (Lipinski definition) is 1. The van der Waals surface area contributed by atoms with Gasteiger partial charge in [0.05, 0.1) is 18.0 Å². The van der Waals surface area contributed by atoms with Gasteiger partial charge < -0.3 is 14.5 Å². The van der Waals surface area contributed by atoms with Crippen molar-refractivity contribution in [3.05, 3.63) is 66.5 Å². The molecule has 0 bridgehead atoms. The van der Waals surface area contributed by atoms with Crippen LogP contribution in [-0.2, 0) is 0 Å². The van der Waals surface area contributed by atoms with Gasteiger partial charge in [-0.05, 0) is 25.1 Å². The molecule has 0 spiro atoms. The van der Waals surface area contributed by atoms with Crippen molar-refractivity contribution in [1.29, 1.82) is 0 Å². The van der Waals surface area contributed by atoms with Crippen molar-refractivity contribution in [2.24, 2.45) is 0 Å². The van der Waals surface area contributed by atoms with Crippen LogP contribution >= 0.6 is 0 Å². The van der Waals surface area contributed by atoms with Gasteiger partial charge in [0.2, 0.25) is 5.88 Å². The van der Waals surface area contributed by atoms with Crippen LogP contribution in [0.4, 0.5) is 5.69 Å². The molecule has 1 amide bonds. The minimum Gasteiger partial charge on any atom is -0.469 e. The van der Waals surface area contributed by atoms with Crippen molar-refractivity contribution < 1.29 is 13.9 Å². The number of aryl methyl sites for hydroxylation is 1. The van der Waals surface area contributed by atoms with E-state index in [2.05, 4.69) is 15.3 Å². The fourth-order valence-corrected chi connectivity index (χ4v) is 1.92. The molecular formula is C16H13N3O3. The standard InChI is InChI=1S/C16H13N3O3/c1-11-14(5-8-21-11)16(20)19-12-3-2-4-13(9-12)22-15-10-17-6-7-18-15/h2-10H,1H3,(H,19,20). The van der Waals surface area contributed by atoms with E-state index in [1.165, 1.54) is 12.5 Å². The monoisotopic (exact) mass is 295 g/mol. The van der Waals surface area contributed by atoms with Gasteiger partial charge in [0.1, 0.15) is 11.5 Å². The number of benzene rings is 1. The highest BCUT2D eigenvalue weighted by atomic mass is 16.5. The predicted molar refractivity (Wildman–Crippen MR) is 79.9 cm³/mol. The number of amides is 1. The summed E-state index contributed by atoms with van der Waals surface area (Å²) in [6.45, 7) is 1.74. The highest BCUT2D eigenvalue weighted by Gasteiger charge is 2.11. The molecular weight excluding hydrogens is 282 g/mol. The average Bonchev–Trinajstić information content (AvgIpc) is 2.95. The van der Waals surface area contributed by atoms with Gasteiger partial charge >= 0.3 is 0 Å². The van der Waals surface area contributed by atoms with Crippen LogP contribution in [0.3, 0.4) is 0 Å². The first-order valence-electron chi connectivity index (χ1n) is 6.62. The minimum atomic E-state index is -0.233. The summed E-state index contributed by atoms with van der Waals surface area (Å²) in [6.07, 6.45) is 6.11. The maximum absolute atomic E-state index is 12.1. The zero-order valence-corrected chi connectivity index (χ0v) is 11.8. The molecule has 0 aliphatic carbocycles. The summed E-state index contributed by atoms with van der Waals surface area (Å²) in [6, 6.07) is 8.67. The molecule has 0 radical (unpaired) electrons. The third-order valence-corrected chi connectivity index (χ3v) is 2.96. The molecule has 0 unspecified atom stereocenters. The SMILES string of the molecule is Cc1occc1C(=O)Nc1cccc(Oc2cnccn2)c1. The van der Waals surface area contributed by atoms with Crippen LogP contribution in [0.15, 0.2) is 59.6 Å². The molecule has 2 aromatic heterocycles. The summed E-state index contributed by atoms with van der Waals surface area (Å²) < 4.78 is 10.7. The van der Waals surface area contributed by atoms with E-state index in [9.17, 15) is 4.79 Å². The first-order chi connectivity index (χ1) is 10.7. The molecule has 1 aromatic carbocycles. The van der Waals surface area contributed by atoms with Gasteiger partial charge in [0.15, 0.2) is 0 Å². The number of carbonyl (C=O) groups is 1. The normalized spacial score (nSPS) is 10.2. The second-order valence-corrected chi connectivity index (χ2v) is 4.52. The summed E-state index contributed by atoms with van der Waals surface area (Å²) in [4.78, 5) is 20.1. The molecule has 1 N–H and O–H groups in total. The molecule has 3 rings (SSSR count). The number of ether oxygens (including phenoxy) is 1. The number of nitrogens with one attached hydrogen (secondary N) is 1. The van der Waals surface area contributed by atoms with Crippen LogP contribution < -0.4 is 10.1 Å². The Kier molecular flexibility index (Phi) is 3.82. The topological polar surface area (TPSA) is 77.2 Å². The Bertz CT molecular complexity index is 784. The van der Waals surface area contributed by atoms with Crippen molar-refractivity contribution in [3.63, 3.8) is 0 Å². The Morgan fingerprint density at radius 1 is 1.27 bits per heavy atom. The first kappa shape index (κ1) is 13.8. The van der Waals surface area contributed by atoms with Crippen molar-refractivity contribution >= 4 is 11.6 Å². The minimum absolute atomic E-state index is 0.233. The van der Waals surface area contributed by atoms with Crippen LogP contribution in [0.1, 0.15) is 16.1 Å². The lowest BCUT2D eigenvalue weighted by atomic mass is 10.2. The molecule has 0 saturated heterocycles. The van der Waals surface area contributed by atoms with Gasteiger partial charge in [-0.15, -0.1) is 0 Å². The molecule has 3 aromatic rings. The zero-order chi connectivity index (χ0) is 15.4. The highest BCUT2D eigenvalue weighted by Crippen LogP contribution is 2.22. The third-order valence-electron chi connectivity index (χ3n) is 2.96. The molecule has 0 aliphatic rings. The van der Waals surface area contributed by atoms with Crippen molar-refractivity contribution in [1.82, 2.24) is 9.97 Å². The summed E-state index contributed by atoms with van der Waals surface area (Å²) in [5.41, 5.74) is 1.12. The predicted octanol–water partition coefficient (Wildman–Crippen LogP) is 3.42. The lowest BCUT2D eigenvalue weighted by Gasteiger charge is -2.07. The molecule has 0 aliphatic heterocycles. The number of hydrogen-bond acceptors (Lipinski definition) is 5. The smallest absolute Gasteiger partial charge is 0.259 e. The first-order valence-corrected chi connectivity index (χ1v) is 6.62. The summed E-state index contributed by atoms with van der Waals surface area (Å²) >= 11 is 0. The van der Waals surface area contributed by atoms with Gasteiger partial charge in [-0.1, -0.05) is 6.07 Å². The number of aromatic nitrogens is 2. The van der Waals surface area contributed by atoms with E-state index in [1.54, 1.807) is 49.6 Å². The summed E-state index contributed by atoms with van der Waals surface area (Å²) in [5.74, 6) is 1.28. The van der Waals surface area contributed by atoms with E-state index < -0.39 is 0 Å². The van der Waals surface area contributed by atoms with E-state index in [4.69, 9.17) is 9.15 Å². The molecule has 110 valence electrons. The lowest BCUT2D eigenvalue weighted by Crippen LogP contribution is -2.12. The Labute approximate surface area is 126 Å². The van der Waals surface area contributed by atoms with E-state index >= 15 is 0 Å². The van der Waals surface area contributed by atoms with Crippen molar-refractivity contribution in [2.45, 2.75) is 6.92 Å². The van der Waals surface area contributed by atoms with Crippen LogP contribution in [0.25, 0.3) is 0 Å². The second kappa shape index (κ2) is 6.09. The number of nitrogens with zero attached hydrogens (tertiary/aromatic N) is 2. The largest absolute Gasteiger partial charge is 0.469 e. The zero-order valence-electron chi connectivity index (χ0n) is 11.8. The number of rotatable bonds is 4. The van der Waals surface area contributed by atoms with Crippen LogP contribution in [-0.4, -0.2) is 15.9 Å². The molecule has 0 saturated carbocycles. The number of carbonyl (C=O) groups excluding carboxylic acids is 1. The van der Waals surface area contributed by atoms with Crippen LogP contribution in [0.5, 0.6) is 11.6 Å². The fraction of sp³-hybridized carbons (Fsp3) is 0.0625. The quantitative estimate of drug-likeness (QED) is 0.798. The van der Waals surface area contributed by atoms with Crippen molar-refractivity contribution in [3.8, 4) is 11.6 Å². The maximum Gasteiger partial charge on any atom is 0.259 e. The van der Waals surface area contributed by atoms with Crippen LogP contribution in [0, 0.1) is 6.92 Å². The molecule has 0 atom stereocenters. The molecule has 6 nitrogen and oxygen atoms in total. The van der Waals surface area contributed by atoms with Crippen LogP contribution in [0.2, 0.25) is 0 Å². The van der Waals surface area contributed by atoms with E-state index in [0.29, 0.717) is 28.6 Å². The average molecular weight is 295 g/mol. The van der Waals surface area contributed by atoms with Gasteiger partial charge in [-0.3, -0.25) is 9.78 Å². The van der Waals surface area contributed by atoms with E-state index in [-0.39, 0.29) is 5.91 Å². The Morgan fingerprint density at radius 2 is 2.18 bits per heavy atom. The van der Waals surface area contributed by atoms with E-state index in [1.807, 2.05) is 0 Å². The Hall–Kier alpha value is -3.15. The molecule has 22 heavy (non-hydrogen) atoms. The lowest BCUT2D eigenvalue weighted by molar-refractivity contribution is 0.102. The van der Waals surface area contributed by atoms with Crippen molar-refractivity contribution in [2.75, 3.05) is 5.32 Å². The molecule has 0 fully saturated rings. The van der Waals surface area contributed by atoms with E-state index in [0.717, 1.165) is 0 Å². The number of anilines is 1. The van der Waals surface area contributed by atoms with Gasteiger partial charge in [0, 0.05) is 24.1 Å². The van der Waals surface area contributed by atoms with Gasteiger partial charge in [-0.25, -0.2) is 4.98 Å². The molecule has 2 heterocycles.